The summed E-state index contributed by atoms with van der Waals surface area (Å²) in [5, 5.41) is 3.43. The van der Waals surface area contributed by atoms with E-state index in [2.05, 4.69) is 27.1 Å². The zero-order valence-electron chi connectivity index (χ0n) is 9.81. The smallest absolute Gasteiger partial charge is 0.0727 e. The molecule has 0 spiro atoms. The first-order valence-corrected chi connectivity index (χ1v) is 5.47. The Kier molecular flexibility index (Phi) is 5.12. The summed E-state index contributed by atoms with van der Waals surface area (Å²) < 4.78 is 0. The number of halogens is 1. The van der Waals surface area contributed by atoms with Crippen molar-refractivity contribution < 1.29 is 0 Å². The fraction of sp³-hybridized carbons (Fsp3) is 0.636. The molecule has 1 N–H and O–H groups in total. The van der Waals surface area contributed by atoms with Crippen LogP contribution >= 0.6 is 12.4 Å². The third-order valence-corrected chi connectivity index (χ3v) is 2.67. The Morgan fingerprint density at radius 2 is 2.25 bits per heavy atom. The van der Waals surface area contributed by atoms with Crippen molar-refractivity contribution in [3.05, 3.63) is 23.8 Å². The summed E-state index contributed by atoms with van der Waals surface area (Å²) in [5.74, 6) is 0. The zero-order valence-corrected chi connectivity index (χ0v) is 10.6. The summed E-state index contributed by atoms with van der Waals surface area (Å²) in [6, 6.07) is 0.581. The summed E-state index contributed by atoms with van der Waals surface area (Å²) in [6.45, 7) is 8.35. The van der Waals surface area contributed by atoms with Crippen molar-refractivity contribution in [2.24, 2.45) is 0 Å². The van der Waals surface area contributed by atoms with Gasteiger partial charge in [0.15, 0.2) is 0 Å². The highest BCUT2D eigenvalue weighted by atomic mass is 35.5. The Morgan fingerprint density at radius 1 is 1.44 bits per heavy atom. The van der Waals surface area contributed by atoms with E-state index in [1.165, 1.54) is 0 Å². The number of aromatic nitrogens is 2. The quantitative estimate of drug-likeness (QED) is 0.840. The highest BCUT2D eigenvalue weighted by Crippen LogP contribution is 2.04. The van der Waals surface area contributed by atoms with E-state index in [9.17, 15) is 0 Å². The molecule has 1 aromatic heterocycles. The van der Waals surface area contributed by atoms with Gasteiger partial charge in [-0.05, 0) is 13.8 Å². The molecule has 0 amide bonds. The van der Waals surface area contributed by atoms with Crippen LogP contribution in [-0.4, -0.2) is 40.5 Å². The van der Waals surface area contributed by atoms with E-state index in [4.69, 9.17) is 0 Å². The molecule has 0 aliphatic carbocycles. The van der Waals surface area contributed by atoms with Gasteiger partial charge in [0.05, 0.1) is 11.4 Å². The largest absolute Gasteiger partial charge is 0.312 e. The number of piperazine rings is 1. The molecule has 1 fully saturated rings. The molecule has 1 aliphatic heterocycles. The van der Waals surface area contributed by atoms with Gasteiger partial charge < -0.3 is 5.32 Å². The molecule has 0 saturated carbocycles. The van der Waals surface area contributed by atoms with Crippen molar-refractivity contribution in [2.45, 2.75) is 26.4 Å². The first-order valence-electron chi connectivity index (χ1n) is 5.47. The molecule has 0 bridgehead atoms. The first-order chi connectivity index (χ1) is 7.24. The van der Waals surface area contributed by atoms with Crippen LogP contribution in [0.3, 0.4) is 0 Å². The number of hydrogen-bond acceptors (Lipinski definition) is 4. The molecule has 1 atom stereocenters. The monoisotopic (exact) mass is 242 g/mol. The molecule has 0 unspecified atom stereocenters. The van der Waals surface area contributed by atoms with E-state index in [0.717, 1.165) is 37.6 Å². The lowest BCUT2D eigenvalue weighted by atomic mass is 10.2. The molecular formula is C11H19ClN4. The number of aryl methyl sites for hydroxylation is 1. The van der Waals surface area contributed by atoms with E-state index in [0.29, 0.717) is 6.04 Å². The molecule has 0 radical (unpaired) electrons. The van der Waals surface area contributed by atoms with E-state index in [1.807, 2.05) is 19.3 Å². The molecule has 16 heavy (non-hydrogen) atoms. The van der Waals surface area contributed by atoms with Crippen molar-refractivity contribution in [2.75, 3.05) is 19.6 Å². The normalized spacial score (nSPS) is 21.5. The topological polar surface area (TPSA) is 41.1 Å². The van der Waals surface area contributed by atoms with Gasteiger partial charge in [-0.25, -0.2) is 0 Å². The van der Waals surface area contributed by atoms with Crippen LogP contribution in [0.25, 0.3) is 0 Å². The molecule has 1 aromatic rings. The lowest BCUT2D eigenvalue weighted by Gasteiger charge is -2.31. The molecular weight excluding hydrogens is 224 g/mol. The second kappa shape index (κ2) is 6.13. The maximum Gasteiger partial charge on any atom is 0.0727 e. The van der Waals surface area contributed by atoms with Crippen LogP contribution in [0.15, 0.2) is 12.4 Å². The van der Waals surface area contributed by atoms with Crippen LogP contribution in [0.1, 0.15) is 18.3 Å². The standard InChI is InChI=1S/C11H18N4.ClH/c1-9-5-14-11(6-13-9)8-15-4-3-12-10(2)7-15;/h5-6,10,12H,3-4,7-8H2,1-2H3;1H/t10-;/m1./s1. The molecule has 2 rings (SSSR count). The van der Waals surface area contributed by atoms with Gasteiger partial charge in [-0.3, -0.25) is 14.9 Å². The van der Waals surface area contributed by atoms with Gasteiger partial charge in [-0.15, -0.1) is 12.4 Å². The predicted octanol–water partition coefficient (Wildman–Crippen LogP) is 1.00. The Balaban J connectivity index is 0.00000128. The van der Waals surface area contributed by atoms with Crippen molar-refractivity contribution in [1.82, 2.24) is 20.2 Å². The summed E-state index contributed by atoms with van der Waals surface area (Å²) in [6.07, 6.45) is 3.71. The first kappa shape index (κ1) is 13.4. The van der Waals surface area contributed by atoms with Crippen LogP contribution in [0.2, 0.25) is 0 Å². The maximum absolute atomic E-state index is 4.37. The lowest BCUT2D eigenvalue weighted by Crippen LogP contribution is -2.48. The minimum absolute atomic E-state index is 0. The van der Waals surface area contributed by atoms with Gasteiger partial charge in [0.1, 0.15) is 0 Å². The van der Waals surface area contributed by atoms with Crippen LogP contribution in [0, 0.1) is 6.92 Å². The highest BCUT2D eigenvalue weighted by molar-refractivity contribution is 5.85. The van der Waals surface area contributed by atoms with Crippen molar-refractivity contribution in [1.29, 1.82) is 0 Å². The fourth-order valence-electron chi connectivity index (χ4n) is 1.89. The molecule has 1 saturated heterocycles. The van der Waals surface area contributed by atoms with Gasteiger partial charge in [0.25, 0.3) is 0 Å². The molecule has 1 aliphatic rings. The fourth-order valence-corrected chi connectivity index (χ4v) is 1.89. The van der Waals surface area contributed by atoms with Gasteiger partial charge >= 0.3 is 0 Å². The lowest BCUT2D eigenvalue weighted by molar-refractivity contribution is 0.197. The van der Waals surface area contributed by atoms with Crippen LogP contribution in [-0.2, 0) is 6.54 Å². The van der Waals surface area contributed by atoms with Gasteiger partial charge in [0.2, 0.25) is 0 Å². The summed E-state index contributed by atoms with van der Waals surface area (Å²) in [5.41, 5.74) is 2.04. The van der Waals surface area contributed by atoms with E-state index < -0.39 is 0 Å². The summed E-state index contributed by atoms with van der Waals surface area (Å²) >= 11 is 0. The van der Waals surface area contributed by atoms with Gasteiger partial charge in [0, 0.05) is 44.6 Å². The summed E-state index contributed by atoms with van der Waals surface area (Å²) in [4.78, 5) is 11.0. The average molecular weight is 243 g/mol. The minimum Gasteiger partial charge on any atom is -0.312 e. The number of rotatable bonds is 2. The van der Waals surface area contributed by atoms with Crippen LogP contribution < -0.4 is 5.32 Å². The van der Waals surface area contributed by atoms with Crippen molar-refractivity contribution >= 4 is 12.4 Å². The minimum atomic E-state index is 0. The van der Waals surface area contributed by atoms with E-state index in [1.54, 1.807) is 0 Å². The highest BCUT2D eigenvalue weighted by Gasteiger charge is 2.15. The number of nitrogens with zero attached hydrogens (tertiary/aromatic N) is 3. The van der Waals surface area contributed by atoms with E-state index in [-0.39, 0.29) is 12.4 Å². The Labute approximate surface area is 103 Å². The van der Waals surface area contributed by atoms with Gasteiger partial charge in [-0.1, -0.05) is 0 Å². The number of nitrogens with one attached hydrogen (secondary N) is 1. The Bertz CT molecular complexity index is 314. The zero-order chi connectivity index (χ0) is 10.7. The van der Waals surface area contributed by atoms with Crippen LogP contribution in [0.5, 0.6) is 0 Å². The molecule has 90 valence electrons. The van der Waals surface area contributed by atoms with Gasteiger partial charge in [-0.2, -0.15) is 0 Å². The predicted molar refractivity (Wildman–Crippen MR) is 66.8 cm³/mol. The van der Waals surface area contributed by atoms with Crippen molar-refractivity contribution in [3.63, 3.8) is 0 Å². The van der Waals surface area contributed by atoms with Crippen LogP contribution in [0.4, 0.5) is 0 Å². The van der Waals surface area contributed by atoms with Crippen molar-refractivity contribution in [3.8, 4) is 0 Å². The third-order valence-electron chi connectivity index (χ3n) is 2.67. The molecule has 0 aromatic carbocycles. The molecule has 5 heteroatoms. The molecule has 2 heterocycles. The maximum atomic E-state index is 4.37. The Hall–Kier alpha value is -0.710. The Morgan fingerprint density at radius 3 is 2.88 bits per heavy atom. The SMILES string of the molecule is Cc1cnc(CN2CCN[C@H](C)C2)cn1.Cl. The second-order valence-electron chi connectivity index (χ2n) is 4.24. The molecule has 4 nitrogen and oxygen atoms in total. The summed E-state index contributed by atoms with van der Waals surface area (Å²) in [7, 11) is 0. The third kappa shape index (κ3) is 3.70. The number of hydrogen-bond donors (Lipinski definition) is 1. The average Bonchev–Trinajstić information content (AvgIpc) is 2.22. The second-order valence-corrected chi connectivity index (χ2v) is 4.24. The van der Waals surface area contributed by atoms with E-state index >= 15 is 0 Å².